The zero-order valence-electron chi connectivity index (χ0n) is 27.9. The molecule has 0 aliphatic carbocycles. The number of fused-ring (bicyclic) bond motifs is 1. The maximum atomic E-state index is 13.7. The smallest absolute Gasteiger partial charge is 0.261 e. The molecule has 3 heterocycles. The maximum Gasteiger partial charge on any atom is 0.261 e. The molecule has 0 spiro atoms. The third kappa shape index (κ3) is 6.22. The molecule has 248 valence electrons. The van der Waals surface area contributed by atoms with Crippen molar-refractivity contribution >= 4 is 34.2 Å². The highest BCUT2D eigenvalue weighted by atomic mass is 19.1. The van der Waals surface area contributed by atoms with Crippen LogP contribution in [0.5, 0.6) is 0 Å². The summed E-state index contributed by atoms with van der Waals surface area (Å²) < 4.78 is 15.6. The largest absolute Gasteiger partial charge is 0.382 e. The molecule has 5 aromatic rings. The van der Waals surface area contributed by atoms with Crippen LogP contribution < -0.4 is 16.5 Å². The van der Waals surface area contributed by atoms with Gasteiger partial charge in [-0.1, -0.05) is 38.1 Å². The number of benzene rings is 3. The first-order valence-corrected chi connectivity index (χ1v) is 16.4. The van der Waals surface area contributed by atoms with E-state index in [1.165, 1.54) is 12.1 Å². The number of H-pyrrole nitrogens is 1. The zero-order chi connectivity index (χ0) is 34.3. The highest BCUT2D eigenvalue weighted by Crippen LogP contribution is 2.38. The van der Waals surface area contributed by atoms with Crippen LogP contribution in [0.4, 0.5) is 15.9 Å². The molecule has 6 rings (SSSR count). The number of amides is 2. The number of nitrogens with zero attached hydrogens (tertiary/aromatic N) is 3. The van der Waals surface area contributed by atoms with Gasteiger partial charge >= 0.3 is 0 Å². The van der Waals surface area contributed by atoms with E-state index in [9.17, 15) is 18.8 Å². The van der Waals surface area contributed by atoms with E-state index >= 15 is 0 Å². The Morgan fingerprint density at radius 1 is 0.979 bits per heavy atom. The number of carbonyl (C=O) groups excluding carboxylic acids is 2. The molecular formula is C38H41FN6O3. The lowest BCUT2D eigenvalue weighted by atomic mass is 9.86. The van der Waals surface area contributed by atoms with E-state index in [-0.39, 0.29) is 29.3 Å². The van der Waals surface area contributed by atoms with Crippen molar-refractivity contribution in [1.82, 2.24) is 19.7 Å². The average Bonchev–Trinajstić information content (AvgIpc) is 3.45. The van der Waals surface area contributed by atoms with E-state index in [1.807, 2.05) is 56.2 Å². The molecule has 3 aromatic carbocycles. The molecule has 4 N–H and O–H groups in total. The van der Waals surface area contributed by atoms with Crippen LogP contribution in [0.3, 0.4) is 0 Å². The number of rotatable bonds is 7. The number of pyridine rings is 1. The number of hydrogen-bond acceptors (Lipinski definition) is 5. The standard InChI is InChI=1S/C38H41FN6O3/c1-21(2)38(48)44-16-14-24(15-17-44)27-18-30(34-32(19-27)42-43-36(34)40)25-8-12-29(13-9-25)41-37(47)31-20-45(22(3)4)23(5)33(35(31)46)26-6-10-28(39)11-7-26/h6-13,18-22,24H,14-17H2,1-5H3,(H,41,47)(H3,40,42,43). The number of nitrogen functional groups attached to an aromatic ring is 1. The van der Waals surface area contributed by atoms with Crippen LogP contribution >= 0.6 is 0 Å². The van der Waals surface area contributed by atoms with Gasteiger partial charge in [-0.25, -0.2) is 4.39 Å². The van der Waals surface area contributed by atoms with Crippen LogP contribution in [0.1, 0.15) is 74.1 Å². The number of nitrogens with two attached hydrogens (primary N) is 1. The fourth-order valence-electron chi connectivity index (χ4n) is 6.78. The van der Waals surface area contributed by atoms with Crippen molar-refractivity contribution in [3.05, 3.63) is 99.7 Å². The van der Waals surface area contributed by atoms with E-state index in [1.54, 1.807) is 30.5 Å². The molecule has 0 unspecified atom stereocenters. The van der Waals surface area contributed by atoms with Crippen LogP contribution in [-0.2, 0) is 4.79 Å². The summed E-state index contributed by atoms with van der Waals surface area (Å²) in [5.41, 5.74) is 11.9. The lowest BCUT2D eigenvalue weighted by molar-refractivity contribution is -0.135. The monoisotopic (exact) mass is 648 g/mol. The second-order valence-electron chi connectivity index (χ2n) is 13.2. The Bertz CT molecular complexity index is 2050. The normalized spacial score (nSPS) is 13.9. The number of aromatic nitrogens is 3. The van der Waals surface area contributed by atoms with E-state index in [2.05, 4.69) is 27.6 Å². The number of hydrogen-bond donors (Lipinski definition) is 3. The molecule has 1 aliphatic rings. The van der Waals surface area contributed by atoms with Crippen LogP contribution in [0.25, 0.3) is 33.2 Å². The van der Waals surface area contributed by atoms with Gasteiger partial charge in [-0.15, -0.1) is 0 Å². The molecule has 0 radical (unpaired) electrons. The number of halogens is 1. The first-order chi connectivity index (χ1) is 22.9. The molecule has 0 saturated carbocycles. The molecular weight excluding hydrogens is 607 g/mol. The number of likely N-dealkylation sites (tertiary alicyclic amines) is 1. The van der Waals surface area contributed by atoms with Crippen LogP contribution in [-0.4, -0.2) is 44.6 Å². The summed E-state index contributed by atoms with van der Waals surface area (Å²) in [6.07, 6.45) is 3.34. The summed E-state index contributed by atoms with van der Waals surface area (Å²) in [6, 6.07) is 17.4. The number of aromatic amines is 1. The van der Waals surface area contributed by atoms with Crippen molar-refractivity contribution in [1.29, 1.82) is 0 Å². The highest BCUT2D eigenvalue weighted by Gasteiger charge is 2.27. The van der Waals surface area contributed by atoms with Gasteiger partial charge in [0.1, 0.15) is 11.4 Å². The lowest BCUT2D eigenvalue weighted by Crippen LogP contribution is -2.40. The maximum absolute atomic E-state index is 13.7. The minimum absolute atomic E-state index is 0.000534. The minimum atomic E-state index is -0.531. The second kappa shape index (κ2) is 13.1. The van der Waals surface area contributed by atoms with Gasteiger partial charge in [-0.05, 0) is 98.2 Å². The number of nitrogens with one attached hydrogen (secondary N) is 2. The summed E-state index contributed by atoms with van der Waals surface area (Å²) in [6.45, 7) is 11.1. The number of anilines is 2. The molecule has 0 bridgehead atoms. The molecule has 9 nitrogen and oxygen atoms in total. The van der Waals surface area contributed by atoms with Gasteiger partial charge in [0.2, 0.25) is 11.3 Å². The predicted octanol–water partition coefficient (Wildman–Crippen LogP) is 7.28. The van der Waals surface area contributed by atoms with Crippen molar-refractivity contribution in [3.8, 4) is 22.3 Å². The van der Waals surface area contributed by atoms with Crippen molar-refractivity contribution in [2.75, 3.05) is 24.1 Å². The summed E-state index contributed by atoms with van der Waals surface area (Å²) >= 11 is 0. The zero-order valence-corrected chi connectivity index (χ0v) is 27.9. The van der Waals surface area contributed by atoms with E-state index in [0.29, 0.717) is 28.3 Å². The number of carbonyl (C=O) groups is 2. The summed E-state index contributed by atoms with van der Waals surface area (Å²) in [4.78, 5) is 41.8. The molecule has 1 aliphatic heterocycles. The molecule has 2 amide bonds. The van der Waals surface area contributed by atoms with Crippen molar-refractivity contribution < 1.29 is 14.0 Å². The first-order valence-electron chi connectivity index (χ1n) is 16.4. The Kier molecular flexibility index (Phi) is 8.92. The van der Waals surface area contributed by atoms with E-state index in [4.69, 9.17) is 5.73 Å². The minimum Gasteiger partial charge on any atom is -0.382 e. The van der Waals surface area contributed by atoms with Crippen molar-refractivity contribution in [2.45, 2.75) is 59.4 Å². The van der Waals surface area contributed by atoms with Gasteiger partial charge in [-0.2, -0.15) is 5.10 Å². The molecule has 1 fully saturated rings. The topological polar surface area (TPSA) is 126 Å². The fourth-order valence-corrected chi connectivity index (χ4v) is 6.78. The van der Waals surface area contributed by atoms with Crippen LogP contribution in [0.15, 0.2) is 71.7 Å². The SMILES string of the molecule is Cc1c(-c2ccc(F)cc2)c(=O)c(C(=O)Nc2ccc(-c3cc(C4CCN(C(=O)C(C)C)CC4)cc4[nH]nc(N)c34)cc2)cn1C(C)C. The number of piperidine rings is 1. The predicted molar refractivity (Wildman–Crippen MR) is 189 cm³/mol. The highest BCUT2D eigenvalue weighted by molar-refractivity contribution is 6.05. The van der Waals surface area contributed by atoms with Gasteiger partial charge < -0.3 is 20.5 Å². The Morgan fingerprint density at radius 3 is 2.25 bits per heavy atom. The van der Waals surface area contributed by atoms with Crippen LogP contribution in [0.2, 0.25) is 0 Å². The van der Waals surface area contributed by atoms with Gasteiger partial charge in [0, 0.05) is 48.2 Å². The third-order valence-corrected chi connectivity index (χ3v) is 9.36. The molecule has 0 atom stereocenters. The van der Waals surface area contributed by atoms with Crippen molar-refractivity contribution in [2.24, 2.45) is 5.92 Å². The molecule has 10 heteroatoms. The third-order valence-electron chi connectivity index (χ3n) is 9.36. The molecule has 48 heavy (non-hydrogen) atoms. The Hall–Kier alpha value is -5.25. The fraction of sp³-hybridized carbons (Fsp3) is 0.316. The Labute approximate surface area is 279 Å². The Morgan fingerprint density at radius 2 is 1.62 bits per heavy atom. The quantitative estimate of drug-likeness (QED) is 0.171. The van der Waals surface area contributed by atoms with Gasteiger partial charge in [0.15, 0.2) is 5.82 Å². The molecule has 2 aromatic heterocycles. The Balaban J connectivity index is 1.28. The molecule has 1 saturated heterocycles. The van der Waals surface area contributed by atoms with E-state index in [0.717, 1.165) is 53.5 Å². The lowest BCUT2D eigenvalue weighted by Gasteiger charge is -2.33. The van der Waals surface area contributed by atoms with Gasteiger partial charge in [0.25, 0.3) is 5.91 Å². The van der Waals surface area contributed by atoms with Gasteiger partial charge in [-0.3, -0.25) is 19.5 Å². The second-order valence-corrected chi connectivity index (χ2v) is 13.2. The van der Waals surface area contributed by atoms with Gasteiger partial charge in [0.05, 0.1) is 10.9 Å². The summed E-state index contributed by atoms with van der Waals surface area (Å²) in [5, 5.41) is 11.1. The first kappa shape index (κ1) is 32.7. The van der Waals surface area contributed by atoms with Crippen molar-refractivity contribution in [3.63, 3.8) is 0 Å². The average molecular weight is 649 g/mol. The van der Waals surface area contributed by atoms with Crippen LogP contribution in [0, 0.1) is 18.7 Å². The van der Waals surface area contributed by atoms with E-state index < -0.39 is 17.2 Å². The summed E-state index contributed by atoms with van der Waals surface area (Å²) in [7, 11) is 0. The summed E-state index contributed by atoms with van der Waals surface area (Å²) in [5.74, 6) is -0.0629.